The fraction of sp³-hybridized carbons (Fsp3) is 0.538. The molecule has 1 fully saturated rings. The lowest BCUT2D eigenvalue weighted by Crippen LogP contribution is -2.41. The molecule has 0 saturated carbocycles. The molecule has 1 unspecified atom stereocenters. The van der Waals surface area contributed by atoms with Crippen LogP contribution in [0.15, 0.2) is 22.7 Å². The number of rotatable bonds is 2. The van der Waals surface area contributed by atoms with Crippen LogP contribution in [0.1, 0.15) is 31.4 Å². The summed E-state index contributed by atoms with van der Waals surface area (Å²) in [6, 6.07) is 5.72. The van der Waals surface area contributed by atoms with E-state index in [1.54, 1.807) is 0 Å². The topological polar surface area (TPSA) is 29.3 Å². The van der Waals surface area contributed by atoms with E-state index in [0.717, 1.165) is 36.0 Å². The number of hydrogen-bond acceptors (Lipinski definition) is 2. The van der Waals surface area contributed by atoms with Gasteiger partial charge >= 0.3 is 0 Å². The van der Waals surface area contributed by atoms with Gasteiger partial charge in [0.05, 0.1) is 0 Å². The van der Waals surface area contributed by atoms with Gasteiger partial charge in [-0.2, -0.15) is 0 Å². The van der Waals surface area contributed by atoms with Crippen molar-refractivity contribution in [1.29, 1.82) is 0 Å². The molecule has 17 heavy (non-hydrogen) atoms. The average molecular weight is 301 g/mol. The number of halogens is 2. The van der Waals surface area contributed by atoms with Gasteiger partial charge in [-0.25, -0.2) is 4.39 Å². The lowest BCUT2D eigenvalue weighted by Gasteiger charge is -2.35. The molecule has 1 aliphatic heterocycles. The lowest BCUT2D eigenvalue weighted by molar-refractivity contribution is 0.161. The van der Waals surface area contributed by atoms with E-state index in [2.05, 4.69) is 27.8 Å². The Balaban J connectivity index is 2.11. The second kappa shape index (κ2) is 5.46. The lowest BCUT2D eigenvalue weighted by atomic mass is 10.0. The number of likely N-dealkylation sites (tertiary alicyclic amines) is 1. The van der Waals surface area contributed by atoms with E-state index in [1.807, 2.05) is 12.1 Å². The van der Waals surface area contributed by atoms with Crippen molar-refractivity contribution < 1.29 is 4.39 Å². The van der Waals surface area contributed by atoms with Crippen molar-refractivity contribution in [2.75, 3.05) is 13.1 Å². The van der Waals surface area contributed by atoms with Crippen LogP contribution in [-0.2, 0) is 0 Å². The Morgan fingerprint density at radius 1 is 1.41 bits per heavy atom. The van der Waals surface area contributed by atoms with Gasteiger partial charge in [-0.1, -0.05) is 22.0 Å². The zero-order valence-electron chi connectivity index (χ0n) is 10.00. The van der Waals surface area contributed by atoms with Crippen LogP contribution in [0.4, 0.5) is 4.39 Å². The fourth-order valence-electron chi connectivity index (χ4n) is 2.34. The van der Waals surface area contributed by atoms with Gasteiger partial charge in [0.1, 0.15) is 5.82 Å². The van der Waals surface area contributed by atoms with Gasteiger partial charge in [-0.15, -0.1) is 0 Å². The molecule has 1 aliphatic rings. The average Bonchev–Trinajstić information content (AvgIpc) is 2.29. The van der Waals surface area contributed by atoms with Crippen LogP contribution in [0.3, 0.4) is 0 Å². The largest absolute Gasteiger partial charge is 0.328 e. The first kappa shape index (κ1) is 13.0. The Morgan fingerprint density at radius 3 is 2.65 bits per heavy atom. The molecule has 0 radical (unpaired) electrons. The summed E-state index contributed by atoms with van der Waals surface area (Å²) in [7, 11) is 0. The molecule has 0 bridgehead atoms. The minimum Gasteiger partial charge on any atom is -0.328 e. The SMILES string of the molecule is CC(c1ccc(Br)cc1F)N1CCC(N)CC1. The highest BCUT2D eigenvalue weighted by molar-refractivity contribution is 9.10. The van der Waals surface area contributed by atoms with E-state index in [-0.39, 0.29) is 11.9 Å². The van der Waals surface area contributed by atoms with Crippen LogP contribution >= 0.6 is 15.9 Å². The third kappa shape index (κ3) is 3.06. The van der Waals surface area contributed by atoms with Gasteiger partial charge in [0, 0.05) is 35.2 Å². The number of hydrogen-bond donors (Lipinski definition) is 1. The normalized spacial score (nSPS) is 20.5. The van der Waals surface area contributed by atoms with Crippen LogP contribution in [-0.4, -0.2) is 24.0 Å². The van der Waals surface area contributed by atoms with E-state index in [9.17, 15) is 4.39 Å². The van der Waals surface area contributed by atoms with Gasteiger partial charge in [0.2, 0.25) is 0 Å². The van der Waals surface area contributed by atoms with Gasteiger partial charge < -0.3 is 5.73 Å². The van der Waals surface area contributed by atoms with Gasteiger partial charge in [0.25, 0.3) is 0 Å². The monoisotopic (exact) mass is 300 g/mol. The molecular formula is C13H18BrFN2. The Bertz CT molecular complexity index is 389. The zero-order chi connectivity index (χ0) is 12.4. The second-order valence-corrected chi connectivity index (χ2v) is 5.63. The van der Waals surface area contributed by atoms with Crippen LogP contribution in [0.25, 0.3) is 0 Å². The van der Waals surface area contributed by atoms with Crippen molar-refractivity contribution >= 4 is 15.9 Å². The van der Waals surface area contributed by atoms with E-state index in [1.165, 1.54) is 6.07 Å². The molecule has 0 spiro atoms. The molecule has 1 aromatic rings. The first-order valence-electron chi connectivity index (χ1n) is 6.02. The van der Waals surface area contributed by atoms with Crippen LogP contribution < -0.4 is 5.73 Å². The van der Waals surface area contributed by atoms with Crippen molar-refractivity contribution in [2.45, 2.75) is 31.8 Å². The number of piperidine rings is 1. The summed E-state index contributed by atoms with van der Waals surface area (Å²) in [5.74, 6) is -0.137. The predicted octanol–water partition coefficient (Wildman–Crippen LogP) is 3.07. The maximum Gasteiger partial charge on any atom is 0.129 e. The molecule has 4 heteroatoms. The number of benzene rings is 1. The summed E-state index contributed by atoms with van der Waals surface area (Å²) in [5.41, 5.74) is 6.65. The maximum atomic E-state index is 13.9. The van der Waals surface area contributed by atoms with E-state index in [0.29, 0.717) is 6.04 Å². The van der Waals surface area contributed by atoms with Crippen molar-refractivity contribution in [1.82, 2.24) is 4.90 Å². The highest BCUT2D eigenvalue weighted by Gasteiger charge is 2.23. The molecule has 2 nitrogen and oxygen atoms in total. The summed E-state index contributed by atoms with van der Waals surface area (Å²) >= 11 is 3.28. The third-order valence-electron chi connectivity index (χ3n) is 3.53. The fourth-order valence-corrected chi connectivity index (χ4v) is 2.68. The van der Waals surface area contributed by atoms with Crippen LogP contribution in [0.2, 0.25) is 0 Å². The van der Waals surface area contributed by atoms with Crippen molar-refractivity contribution in [3.63, 3.8) is 0 Å². The Hall–Kier alpha value is -0.450. The molecule has 2 rings (SSSR count). The third-order valence-corrected chi connectivity index (χ3v) is 4.03. The Morgan fingerprint density at radius 2 is 2.06 bits per heavy atom. The van der Waals surface area contributed by atoms with Gasteiger partial charge in [-0.05, 0) is 31.9 Å². The molecule has 2 N–H and O–H groups in total. The number of nitrogens with two attached hydrogens (primary N) is 1. The first-order valence-corrected chi connectivity index (χ1v) is 6.82. The van der Waals surface area contributed by atoms with Gasteiger partial charge in [0.15, 0.2) is 0 Å². The molecule has 1 heterocycles. The van der Waals surface area contributed by atoms with Crippen molar-refractivity contribution in [2.24, 2.45) is 5.73 Å². The van der Waals surface area contributed by atoms with E-state index >= 15 is 0 Å². The van der Waals surface area contributed by atoms with Crippen LogP contribution in [0.5, 0.6) is 0 Å². The summed E-state index contributed by atoms with van der Waals surface area (Å²) < 4.78 is 14.6. The second-order valence-electron chi connectivity index (χ2n) is 4.72. The molecular weight excluding hydrogens is 283 g/mol. The molecule has 1 aromatic carbocycles. The standard InChI is InChI=1S/C13H18BrFN2/c1-9(17-6-4-11(16)5-7-17)12-3-2-10(14)8-13(12)15/h2-3,8-9,11H,4-7,16H2,1H3. The van der Waals surface area contributed by atoms with Crippen LogP contribution in [0, 0.1) is 5.82 Å². The summed E-state index contributed by atoms with van der Waals surface area (Å²) in [4.78, 5) is 2.30. The maximum absolute atomic E-state index is 13.9. The Kier molecular flexibility index (Phi) is 4.17. The quantitative estimate of drug-likeness (QED) is 0.909. The highest BCUT2D eigenvalue weighted by Crippen LogP contribution is 2.27. The van der Waals surface area contributed by atoms with Gasteiger partial charge in [-0.3, -0.25) is 4.90 Å². The number of nitrogens with zero attached hydrogens (tertiary/aromatic N) is 1. The summed E-state index contributed by atoms with van der Waals surface area (Å²) in [5, 5.41) is 0. The first-order chi connectivity index (χ1) is 8.08. The smallest absolute Gasteiger partial charge is 0.129 e. The molecule has 1 atom stereocenters. The molecule has 0 aromatic heterocycles. The minimum absolute atomic E-state index is 0.121. The highest BCUT2D eigenvalue weighted by atomic mass is 79.9. The zero-order valence-corrected chi connectivity index (χ0v) is 11.6. The molecule has 0 aliphatic carbocycles. The minimum atomic E-state index is -0.137. The Labute approximate surface area is 110 Å². The summed E-state index contributed by atoms with van der Waals surface area (Å²) in [6.45, 7) is 3.97. The molecule has 94 valence electrons. The molecule has 1 saturated heterocycles. The van der Waals surface area contributed by atoms with E-state index in [4.69, 9.17) is 5.73 Å². The van der Waals surface area contributed by atoms with Crippen molar-refractivity contribution in [3.05, 3.63) is 34.1 Å². The summed E-state index contributed by atoms with van der Waals surface area (Å²) in [6.07, 6.45) is 2.00. The molecule has 0 amide bonds. The predicted molar refractivity (Wildman–Crippen MR) is 71.3 cm³/mol. The van der Waals surface area contributed by atoms with Crippen molar-refractivity contribution in [3.8, 4) is 0 Å². The van der Waals surface area contributed by atoms with E-state index < -0.39 is 0 Å².